The van der Waals surface area contributed by atoms with Crippen molar-refractivity contribution in [3.05, 3.63) is 38.9 Å². The van der Waals surface area contributed by atoms with Crippen molar-refractivity contribution in [2.24, 2.45) is 0 Å². The smallest absolute Gasteiger partial charge is 0.137 e. The molecule has 0 aromatic carbocycles. The molecule has 0 saturated heterocycles. The van der Waals surface area contributed by atoms with Crippen LogP contribution >= 0.6 is 22.9 Å². The number of anilines is 1. The van der Waals surface area contributed by atoms with Gasteiger partial charge in [0.1, 0.15) is 16.8 Å². The van der Waals surface area contributed by atoms with Crippen LogP contribution in [0.15, 0.2) is 17.5 Å². The molecule has 102 valence electrons. The van der Waals surface area contributed by atoms with Crippen molar-refractivity contribution in [1.29, 1.82) is 0 Å². The predicted molar refractivity (Wildman–Crippen MR) is 82.1 cm³/mol. The largest absolute Gasteiger partial charge is 0.362 e. The predicted octanol–water partition coefficient (Wildman–Crippen LogP) is 4.63. The lowest BCUT2D eigenvalue weighted by atomic mass is 10.2. The van der Waals surface area contributed by atoms with Gasteiger partial charge in [-0.15, -0.1) is 11.3 Å². The summed E-state index contributed by atoms with van der Waals surface area (Å²) in [6.07, 6.45) is 1.79. The Morgan fingerprint density at radius 2 is 2.16 bits per heavy atom. The molecule has 19 heavy (non-hydrogen) atoms. The Hall–Kier alpha value is -1.13. The third kappa shape index (κ3) is 3.25. The highest BCUT2D eigenvalue weighted by Crippen LogP contribution is 2.28. The summed E-state index contributed by atoms with van der Waals surface area (Å²) in [4.78, 5) is 10.1. The van der Waals surface area contributed by atoms with Crippen molar-refractivity contribution in [2.75, 3.05) is 5.32 Å². The molecule has 2 aromatic heterocycles. The van der Waals surface area contributed by atoms with Gasteiger partial charge in [0.2, 0.25) is 0 Å². The molecule has 0 aliphatic heterocycles. The molecule has 2 aromatic rings. The number of aryl methyl sites for hydroxylation is 1. The van der Waals surface area contributed by atoms with Crippen molar-refractivity contribution in [1.82, 2.24) is 9.97 Å². The van der Waals surface area contributed by atoms with Crippen molar-refractivity contribution >= 4 is 28.8 Å². The van der Waals surface area contributed by atoms with Crippen LogP contribution in [0.25, 0.3) is 0 Å². The topological polar surface area (TPSA) is 37.8 Å². The van der Waals surface area contributed by atoms with Gasteiger partial charge in [0.05, 0.1) is 6.04 Å². The lowest BCUT2D eigenvalue weighted by Crippen LogP contribution is -2.12. The SMILES string of the molecule is CCc1nc(Cl)c(C)c(NC(CC)c2cccs2)n1. The van der Waals surface area contributed by atoms with Gasteiger partial charge in [-0.05, 0) is 24.8 Å². The van der Waals surface area contributed by atoms with E-state index in [2.05, 4.69) is 39.7 Å². The van der Waals surface area contributed by atoms with E-state index in [0.717, 1.165) is 30.0 Å². The van der Waals surface area contributed by atoms with Crippen molar-refractivity contribution in [2.45, 2.75) is 39.7 Å². The molecular weight excluding hydrogens is 278 g/mol. The maximum atomic E-state index is 6.16. The number of thiophene rings is 1. The lowest BCUT2D eigenvalue weighted by molar-refractivity contribution is 0.753. The summed E-state index contributed by atoms with van der Waals surface area (Å²) in [7, 11) is 0. The first-order chi connectivity index (χ1) is 9.15. The molecule has 0 fully saturated rings. The van der Waals surface area contributed by atoms with E-state index in [4.69, 9.17) is 11.6 Å². The van der Waals surface area contributed by atoms with Crippen LogP contribution in [0.1, 0.15) is 42.6 Å². The van der Waals surface area contributed by atoms with Crippen molar-refractivity contribution in [3.8, 4) is 0 Å². The minimum atomic E-state index is 0.273. The number of halogens is 1. The molecule has 1 N–H and O–H groups in total. The second kappa shape index (κ2) is 6.35. The zero-order chi connectivity index (χ0) is 13.8. The van der Waals surface area contributed by atoms with E-state index in [1.54, 1.807) is 11.3 Å². The van der Waals surface area contributed by atoms with Crippen LogP contribution in [0.4, 0.5) is 5.82 Å². The minimum absolute atomic E-state index is 0.273. The molecule has 0 radical (unpaired) electrons. The van der Waals surface area contributed by atoms with Crippen LogP contribution < -0.4 is 5.32 Å². The molecule has 0 bridgehead atoms. The Bertz CT molecular complexity index is 540. The van der Waals surface area contributed by atoms with Gasteiger partial charge in [-0.1, -0.05) is 31.5 Å². The van der Waals surface area contributed by atoms with Gasteiger partial charge in [0.25, 0.3) is 0 Å². The van der Waals surface area contributed by atoms with Crippen molar-refractivity contribution < 1.29 is 0 Å². The van der Waals surface area contributed by atoms with Gasteiger partial charge < -0.3 is 5.32 Å². The van der Waals surface area contributed by atoms with Gasteiger partial charge in [-0.2, -0.15) is 0 Å². The average molecular weight is 296 g/mol. The monoisotopic (exact) mass is 295 g/mol. The fraction of sp³-hybridized carbons (Fsp3) is 0.429. The Kier molecular flexibility index (Phi) is 4.77. The van der Waals surface area contributed by atoms with E-state index in [0.29, 0.717) is 5.15 Å². The second-order valence-corrected chi connectivity index (χ2v) is 5.72. The zero-order valence-electron chi connectivity index (χ0n) is 11.4. The maximum absolute atomic E-state index is 6.16. The van der Waals surface area contributed by atoms with Crippen LogP contribution in [0.5, 0.6) is 0 Å². The molecule has 5 heteroatoms. The maximum Gasteiger partial charge on any atom is 0.137 e. The quantitative estimate of drug-likeness (QED) is 0.818. The normalized spacial score (nSPS) is 12.4. The summed E-state index contributed by atoms with van der Waals surface area (Å²) in [5.74, 6) is 1.62. The van der Waals surface area contributed by atoms with E-state index in [1.165, 1.54) is 4.88 Å². The van der Waals surface area contributed by atoms with Crippen LogP contribution in [0.3, 0.4) is 0 Å². The first-order valence-electron chi connectivity index (χ1n) is 6.48. The number of rotatable bonds is 5. The summed E-state index contributed by atoms with van der Waals surface area (Å²) >= 11 is 7.92. The highest BCUT2D eigenvalue weighted by molar-refractivity contribution is 7.10. The molecule has 0 spiro atoms. The third-order valence-electron chi connectivity index (χ3n) is 3.05. The van der Waals surface area contributed by atoms with Gasteiger partial charge in [-0.25, -0.2) is 9.97 Å². The number of aromatic nitrogens is 2. The number of nitrogens with zero attached hydrogens (tertiary/aromatic N) is 2. The Morgan fingerprint density at radius 3 is 2.74 bits per heavy atom. The van der Waals surface area contributed by atoms with E-state index >= 15 is 0 Å². The number of nitrogens with one attached hydrogen (secondary N) is 1. The fourth-order valence-electron chi connectivity index (χ4n) is 1.86. The Morgan fingerprint density at radius 1 is 1.37 bits per heavy atom. The highest BCUT2D eigenvalue weighted by atomic mass is 35.5. The van der Waals surface area contributed by atoms with Gasteiger partial charge >= 0.3 is 0 Å². The van der Waals surface area contributed by atoms with Crippen LogP contribution in [-0.4, -0.2) is 9.97 Å². The molecule has 0 aliphatic carbocycles. The molecule has 2 heterocycles. The fourth-order valence-corrected chi connectivity index (χ4v) is 2.91. The van der Waals surface area contributed by atoms with E-state index < -0.39 is 0 Å². The summed E-state index contributed by atoms with van der Waals surface area (Å²) in [6, 6.07) is 4.49. The first-order valence-corrected chi connectivity index (χ1v) is 7.74. The standard InChI is InChI=1S/C14H18ClN3S/c1-4-10(11-7-6-8-19-11)16-14-9(3)13(15)17-12(5-2)18-14/h6-8,10H,4-5H2,1-3H3,(H,16,17,18). The summed E-state index contributed by atoms with van der Waals surface area (Å²) in [5, 5.41) is 6.12. The van der Waals surface area contributed by atoms with E-state index in [1.807, 2.05) is 13.8 Å². The van der Waals surface area contributed by atoms with Gasteiger partial charge in [0.15, 0.2) is 0 Å². The molecule has 3 nitrogen and oxygen atoms in total. The zero-order valence-corrected chi connectivity index (χ0v) is 13.0. The third-order valence-corrected chi connectivity index (χ3v) is 4.41. The Labute approximate surface area is 123 Å². The van der Waals surface area contributed by atoms with Crippen LogP contribution in [0, 0.1) is 6.92 Å². The van der Waals surface area contributed by atoms with Crippen molar-refractivity contribution in [3.63, 3.8) is 0 Å². The molecule has 1 atom stereocenters. The molecule has 0 saturated carbocycles. The summed E-state index contributed by atoms with van der Waals surface area (Å²) in [5.41, 5.74) is 0.911. The van der Waals surface area contributed by atoms with Gasteiger partial charge in [-0.3, -0.25) is 0 Å². The number of hydrogen-bond acceptors (Lipinski definition) is 4. The highest BCUT2D eigenvalue weighted by Gasteiger charge is 2.14. The minimum Gasteiger partial charge on any atom is -0.362 e. The first kappa shape index (κ1) is 14.3. The van der Waals surface area contributed by atoms with Crippen LogP contribution in [0.2, 0.25) is 5.15 Å². The van der Waals surface area contributed by atoms with Crippen LogP contribution in [-0.2, 0) is 6.42 Å². The second-order valence-electron chi connectivity index (χ2n) is 4.38. The summed E-state index contributed by atoms with van der Waals surface area (Å²) < 4.78 is 0. The molecule has 1 unspecified atom stereocenters. The van der Waals surface area contributed by atoms with E-state index in [9.17, 15) is 0 Å². The summed E-state index contributed by atoms with van der Waals surface area (Å²) in [6.45, 7) is 6.14. The van der Waals surface area contributed by atoms with Gasteiger partial charge in [0, 0.05) is 16.9 Å². The lowest BCUT2D eigenvalue weighted by Gasteiger charge is -2.18. The average Bonchev–Trinajstić information content (AvgIpc) is 2.94. The molecule has 0 amide bonds. The molecule has 0 aliphatic rings. The Balaban J connectivity index is 2.29. The molecular formula is C14H18ClN3S. The number of hydrogen-bond donors (Lipinski definition) is 1. The van der Waals surface area contributed by atoms with E-state index in [-0.39, 0.29) is 6.04 Å². The molecule has 2 rings (SSSR count).